The number of ether oxygens (including phenoxy) is 1. The molecule has 0 atom stereocenters. The average Bonchev–Trinajstić information content (AvgIpc) is 2.35. The number of nitrogens with two attached hydrogens (primary N) is 1. The number of amides is 1. The van der Waals surface area contributed by atoms with Crippen molar-refractivity contribution in [3.05, 3.63) is 29.8 Å². The molecule has 0 aromatic heterocycles. The lowest BCUT2D eigenvalue weighted by Gasteiger charge is -2.26. The van der Waals surface area contributed by atoms with Crippen LogP contribution in [0.1, 0.15) is 24.2 Å². The molecule has 106 valence electrons. The standard InChI is InChI=1S/C13H18F2N2O2/c1-9(2)17(8-7-16)12(18)10-3-5-11(6-4-10)19-13(14)15/h3-6,9,13H,7-8,16H2,1-2H3. The van der Waals surface area contributed by atoms with E-state index >= 15 is 0 Å². The monoisotopic (exact) mass is 272 g/mol. The minimum Gasteiger partial charge on any atom is -0.435 e. The Balaban J connectivity index is 2.81. The molecule has 4 nitrogen and oxygen atoms in total. The predicted octanol–water partition coefficient (Wildman–Crippen LogP) is 2.10. The second kappa shape index (κ2) is 7.04. The Morgan fingerprint density at radius 1 is 1.32 bits per heavy atom. The van der Waals surface area contributed by atoms with Crippen LogP contribution in [0.25, 0.3) is 0 Å². The summed E-state index contributed by atoms with van der Waals surface area (Å²) in [5, 5.41) is 0. The summed E-state index contributed by atoms with van der Waals surface area (Å²) >= 11 is 0. The van der Waals surface area contributed by atoms with Crippen LogP contribution in [0.4, 0.5) is 8.78 Å². The molecule has 0 radical (unpaired) electrons. The van der Waals surface area contributed by atoms with E-state index in [1.165, 1.54) is 24.3 Å². The molecule has 0 fully saturated rings. The summed E-state index contributed by atoms with van der Waals surface area (Å²) in [7, 11) is 0. The fourth-order valence-corrected chi connectivity index (χ4v) is 1.68. The lowest BCUT2D eigenvalue weighted by molar-refractivity contribution is -0.0498. The summed E-state index contributed by atoms with van der Waals surface area (Å²) in [6, 6.07) is 5.64. The highest BCUT2D eigenvalue weighted by Gasteiger charge is 2.18. The quantitative estimate of drug-likeness (QED) is 0.862. The number of benzene rings is 1. The van der Waals surface area contributed by atoms with Crippen molar-refractivity contribution in [3.63, 3.8) is 0 Å². The normalized spacial score (nSPS) is 10.9. The molecule has 2 N–H and O–H groups in total. The zero-order valence-corrected chi connectivity index (χ0v) is 11.0. The molecule has 0 bridgehead atoms. The highest BCUT2D eigenvalue weighted by molar-refractivity contribution is 5.94. The topological polar surface area (TPSA) is 55.6 Å². The molecule has 1 aromatic carbocycles. The Hall–Kier alpha value is -1.69. The van der Waals surface area contributed by atoms with Crippen LogP contribution in [0.3, 0.4) is 0 Å². The SMILES string of the molecule is CC(C)N(CCN)C(=O)c1ccc(OC(F)F)cc1. The number of rotatable bonds is 6. The first-order valence-corrected chi connectivity index (χ1v) is 6.01. The molecule has 19 heavy (non-hydrogen) atoms. The van der Waals surface area contributed by atoms with Crippen LogP contribution in [0.2, 0.25) is 0 Å². The van der Waals surface area contributed by atoms with Crippen molar-refractivity contribution in [2.24, 2.45) is 5.73 Å². The maximum absolute atomic E-state index is 12.2. The molecule has 1 aromatic rings. The summed E-state index contributed by atoms with van der Waals surface area (Å²) in [6.07, 6.45) is 0. The van der Waals surface area contributed by atoms with E-state index in [1.54, 1.807) is 4.90 Å². The molecule has 0 heterocycles. The van der Waals surface area contributed by atoms with Crippen LogP contribution >= 0.6 is 0 Å². The third kappa shape index (κ3) is 4.48. The number of nitrogens with zero attached hydrogens (tertiary/aromatic N) is 1. The van der Waals surface area contributed by atoms with Crippen molar-refractivity contribution in [3.8, 4) is 5.75 Å². The summed E-state index contributed by atoms with van der Waals surface area (Å²) in [5.74, 6) is -0.148. The zero-order valence-electron chi connectivity index (χ0n) is 11.0. The van der Waals surface area contributed by atoms with E-state index in [1.807, 2.05) is 13.8 Å². The first-order chi connectivity index (χ1) is 8.95. The molecule has 0 unspecified atom stereocenters. The van der Waals surface area contributed by atoms with Crippen LogP contribution < -0.4 is 10.5 Å². The average molecular weight is 272 g/mol. The fourth-order valence-electron chi connectivity index (χ4n) is 1.68. The summed E-state index contributed by atoms with van der Waals surface area (Å²) in [6.45, 7) is 1.73. The van der Waals surface area contributed by atoms with Gasteiger partial charge in [0.25, 0.3) is 5.91 Å². The number of carbonyl (C=O) groups excluding carboxylic acids is 1. The molecule has 0 aliphatic carbocycles. The lowest BCUT2D eigenvalue weighted by Crippen LogP contribution is -2.40. The minimum atomic E-state index is -2.87. The number of alkyl halides is 2. The van der Waals surface area contributed by atoms with Gasteiger partial charge >= 0.3 is 6.61 Å². The third-order valence-electron chi connectivity index (χ3n) is 2.58. The predicted molar refractivity (Wildman–Crippen MR) is 68.3 cm³/mol. The van der Waals surface area contributed by atoms with E-state index in [0.29, 0.717) is 18.7 Å². The van der Waals surface area contributed by atoms with E-state index in [-0.39, 0.29) is 17.7 Å². The summed E-state index contributed by atoms with van der Waals surface area (Å²) < 4.78 is 28.2. The summed E-state index contributed by atoms with van der Waals surface area (Å²) in [4.78, 5) is 13.8. The van der Waals surface area contributed by atoms with Crippen molar-refractivity contribution < 1.29 is 18.3 Å². The minimum absolute atomic E-state index is 0.0213. The smallest absolute Gasteiger partial charge is 0.387 e. The first kappa shape index (κ1) is 15.4. The van der Waals surface area contributed by atoms with Gasteiger partial charge in [-0.2, -0.15) is 8.78 Å². The van der Waals surface area contributed by atoms with Gasteiger partial charge in [0.1, 0.15) is 5.75 Å². The van der Waals surface area contributed by atoms with Crippen LogP contribution in [0.15, 0.2) is 24.3 Å². The summed E-state index contributed by atoms with van der Waals surface area (Å²) in [5.41, 5.74) is 5.88. The Bertz CT molecular complexity index is 408. The Kier molecular flexibility index (Phi) is 5.69. The Labute approximate surface area is 111 Å². The van der Waals surface area contributed by atoms with Crippen molar-refractivity contribution in [1.29, 1.82) is 0 Å². The van der Waals surface area contributed by atoms with Gasteiger partial charge in [0, 0.05) is 24.7 Å². The second-order valence-electron chi connectivity index (χ2n) is 4.28. The van der Waals surface area contributed by atoms with E-state index in [4.69, 9.17) is 5.73 Å². The maximum Gasteiger partial charge on any atom is 0.387 e. The largest absolute Gasteiger partial charge is 0.435 e. The third-order valence-corrected chi connectivity index (χ3v) is 2.58. The molecular formula is C13H18F2N2O2. The van der Waals surface area contributed by atoms with Crippen molar-refractivity contribution in [1.82, 2.24) is 4.90 Å². The first-order valence-electron chi connectivity index (χ1n) is 6.01. The zero-order chi connectivity index (χ0) is 14.4. The van der Waals surface area contributed by atoms with Gasteiger partial charge in [-0.05, 0) is 38.1 Å². The van der Waals surface area contributed by atoms with Crippen molar-refractivity contribution >= 4 is 5.91 Å². The van der Waals surface area contributed by atoms with Gasteiger partial charge in [-0.25, -0.2) is 0 Å². The number of carbonyl (C=O) groups is 1. The highest BCUT2D eigenvalue weighted by Crippen LogP contribution is 2.16. The van der Waals surface area contributed by atoms with Gasteiger partial charge in [-0.3, -0.25) is 4.79 Å². The van der Waals surface area contributed by atoms with E-state index < -0.39 is 6.61 Å². The van der Waals surface area contributed by atoms with Crippen LogP contribution in [0.5, 0.6) is 5.75 Å². The number of hydrogen-bond acceptors (Lipinski definition) is 3. The molecule has 0 saturated carbocycles. The molecule has 0 spiro atoms. The van der Waals surface area contributed by atoms with Crippen LogP contribution in [-0.2, 0) is 0 Å². The molecule has 0 saturated heterocycles. The van der Waals surface area contributed by atoms with Crippen LogP contribution in [0, 0.1) is 0 Å². The van der Waals surface area contributed by atoms with E-state index in [9.17, 15) is 13.6 Å². The number of halogens is 2. The number of hydrogen-bond donors (Lipinski definition) is 1. The van der Waals surface area contributed by atoms with Gasteiger partial charge in [-0.1, -0.05) is 0 Å². The maximum atomic E-state index is 12.2. The molecule has 0 aliphatic rings. The molecule has 1 amide bonds. The molecular weight excluding hydrogens is 254 g/mol. The van der Waals surface area contributed by atoms with Crippen LogP contribution in [-0.4, -0.2) is 36.5 Å². The van der Waals surface area contributed by atoms with Gasteiger partial charge in [-0.15, -0.1) is 0 Å². The van der Waals surface area contributed by atoms with Gasteiger partial charge in [0.15, 0.2) is 0 Å². The molecule has 0 aliphatic heterocycles. The van der Waals surface area contributed by atoms with E-state index in [0.717, 1.165) is 0 Å². The highest BCUT2D eigenvalue weighted by atomic mass is 19.3. The Morgan fingerprint density at radius 3 is 2.32 bits per heavy atom. The Morgan fingerprint density at radius 2 is 1.89 bits per heavy atom. The second-order valence-corrected chi connectivity index (χ2v) is 4.28. The van der Waals surface area contributed by atoms with Crippen molar-refractivity contribution in [2.45, 2.75) is 26.5 Å². The van der Waals surface area contributed by atoms with Gasteiger partial charge < -0.3 is 15.4 Å². The lowest BCUT2D eigenvalue weighted by atomic mass is 10.1. The van der Waals surface area contributed by atoms with E-state index in [2.05, 4.69) is 4.74 Å². The van der Waals surface area contributed by atoms with Gasteiger partial charge in [0.2, 0.25) is 0 Å². The molecule has 1 rings (SSSR count). The van der Waals surface area contributed by atoms with Gasteiger partial charge in [0.05, 0.1) is 0 Å². The van der Waals surface area contributed by atoms with Crippen molar-refractivity contribution in [2.75, 3.05) is 13.1 Å². The molecule has 6 heteroatoms. The fraction of sp³-hybridized carbons (Fsp3) is 0.462.